The van der Waals surface area contributed by atoms with E-state index >= 15 is 0 Å². The van der Waals surface area contributed by atoms with Crippen molar-refractivity contribution in [2.45, 2.75) is 11.8 Å². The molecule has 5 nitrogen and oxygen atoms in total. The Bertz CT molecular complexity index is 615. The van der Waals surface area contributed by atoms with Crippen LogP contribution in [0.15, 0.2) is 35.6 Å². The predicted octanol–water partition coefficient (Wildman–Crippen LogP) is 2.25. The van der Waals surface area contributed by atoms with Crippen molar-refractivity contribution < 1.29 is 9.90 Å². The predicted molar refractivity (Wildman–Crippen MR) is 87.6 cm³/mol. The minimum atomic E-state index is -0.0762. The molecule has 2 rings (SSSR count). The van der Waals surface area contributed by atoms with Gasteiger partial charge in [0, 0.05) is 10.6 Å². The van der Waals surface area contributed by atoms with Crippen molar-refractivity contribution in [1.82, 2.24) is 9.55 Å². The number of hydrogen-bond acceptors (Lipinski definition) is 4. The van der Waals surface area contributed by atoms with Gasteiger partial charge in [-0.2, -0.15) is 0 Å². The number of aliphatic hydroxyl groups excluding tert-OH is 1. The number of amides is 1. The zero-order valence-electron chi connectivity index (χ0n) is 10.8. The number of aliphatic hydroxyl groups is 1. The smallest absolute Gasteiger partial charge is 0.234 e. The average molecular weight is 403 g/mol. The van der Waals surface area contributed by atoms with E-state index in [1.807, 2.05) is 31.3 Å². The topological polar surface area (TPSA) is 67.1 Å². The Balaban J connectivity index is 1.92. The molecule has 0 saturated carbocycles. The maximum Gasteiger partial charge on any atom is 0.234 e. The number of carbonyl (C=O) groups excluding carboxylic acids is 1. The van der Waals surface area contributed by atoms with Gasteiger partial charge in [0.25, 0.3) is 0 Å². The van der Waals surface area contributed by atoms with Crippen molar-refractivity contribution in [2.24, 2.45) is 7.05 Å². The molecule has 0 aliphatic carbocycles. The summed E-state index contributed by atoms with van der Waals surface area (Å²) in [4.78, 5) is 16.1. The number of rotatable bonds is 5. The summed E-state index contributed by atoms with van der Waals surface area (Å²) in [7, 11) is 1.82. The van der Waals surface area contributed by atoms with Crippen molar-refractivity contribution >= 4 is 45.9 Å². The van der Waals surface area contributed by atoms with Crippen LogP contribution in [0.2, 0.25) is 0 Å². The van der Waals surface area contributed by atoms with Crippen LogP contribution in [0.1, 0.15) is 5.69 Å². The summed E-state index contributed by atoms with van der Waals surface area (Å²) >= 11 is 3.52. The van der Waals surface area contributed by atoms with E-state index < -0.39 is 0 Å². The summed E-state index contributed by atoms with van der Waals surface area (Å²) in [5, 5.41) is 12.7. The van der Waals surface area contributed by atoms with Crippen LogP contribution in [0.3, 0.4) is 0 Å². The fourth-order valence-corrected chi connectivity index (χ4v) is 2.88. The molecule has 1 aromatic heterocycles. The third-order valence-electron chi connectivity index (χ3n) is 2.68. The lowest BCUT2D eigenvalue weighted by Gasteiger charge is -2.07. The van der Waals surface area contributed by atoms with Gasteiger partial charge in [-0.25, -0.2) is 4.98 Å². The van der Waals surface area contributed by atoms with Gasteiger partial charge in [-0.3, -0.25) is 4.79 Å². The van der Waals surface area contributed by atoms with E-state index in [1.165, 1.54) is 11.8 Å². The fraction of sp³-hybridized carbons (Fsp3) is 0.231. The second-order valence-corrected chi connectivity index (χ2v) is 6.17. The van der Waals surface area contributed by atoms with Gasteiger partial charge in [0.05, 0.1) is 29.9 Å². The normalized spacial score (nSPS) is 10.6. The molecule has 0 saturated heterocycles. The average Bonchev–Trinajstić information content (AvgIpc) is 2.79. The van der Waals surface area contributed by atoms with Gasteiger partial charge >= 0.3 is 0 Å². The van der Waals surface area contributed by atoms with Crippen LogP contribution in [-0.2, 0) is 18.4 Å². The fourth-order valence-electron chi connectivity index (χ4n) is 1.59. The molecule has 0 radical (unpaired) electrons. The largest absolute Gasteiger partial charge is 0.390 e. The second kappa shape index (κ2) is 7.09. The molecular formula is C13H14IN3O2S. The number of hydrogen-bond donors (Lipinski definition) is 2. The van der Waals surface area contributed by atoms with Crippen LogP contribution in [0, 0.1) is 3.57 Å². The first kappa shape index (κ1) is 15.3. The lowest BCUT2D eigenvalue weighted by molar-refractivity contribution is -0.113. The molecule has 0 atom stereocenters. The van der Waals surface area contributed by atoms with Crippen LogP contribution >= 0.6 is 34.4 Å². The summed E-state index contributed by atoms with van der Waals surface area (Å²) < 4.78 is 2.78. The summed E-state index contributed by atoms with van der Waals surface area (Å²) in [6.07, 6.45) is 1.61. The van der Waals surface area contributed by atoms with E-state index in [9.17, 15) is 4.79 Å². The third-order valence-corrected chi connectivity index (χ3v) is 4.67. The number of carbonyl (C=O) groups is 1. The highest BCUT2D eigenvalue weighted by Crippen LogP contribution is 2.20. The Kier molecular flexibility index (Phi) is 5.44. The Morgan fingerprint density at radius 1 is 1.50 bits per heavy atom. The Hall–Kier alpha value is -1.06. The highest BCUT2D eigenvalue weighted by molar-refractivity contribution is 14.1. The monoisotopic (exact) mass is 403 g/mol. The molecular weight excluding hydrogens is 389 g/mol. The number of aromatic nitrogens is 2. The lowest BCUT2D eigenvalue weighted by atomic mass is 10.3. The van der Waals surface area contributed by atoms with Crippen LogP contribution in [-0.4, -0.2) is 26.3 Å². The molecule has 7 heteroatoms. The standard InChI is InChI=1S/C13H14IN3O2S/c1-17-9(7-18)6-15-13(17)20-8-12(19)16-11-5-3-2-4-10(11)14/h2-6,18H,7-8H2,1H3,(H,16,19). The molecule has 0 unspecified atom stereocenters. The molecule has 0 aliphatic heterocycles. The van der Waals surface area contributed by atoms with Crippen LogP contribution in [0.25, 0.3) is 0 Å². The van der Waals surface area contributed by atoms with Crippen LogP contribution < -0.4 is 5.32 Å². The quantitative estimate of drug-likeness (QED) is 0.594. The van der Waals surface area contributed by atoms with Gasteiger partial charge in [0.15, 0.2) is 5.16 Å². The SMILES string of the molecule is Cn1c(CO)cnc1SCC(=O)Nc1ccccc1I. The molecule has 2 N–H and O–H groups in total. The minimum absolute atomic E-state index is 0.0571. The Labute approximate surface area is 134 Å². The molecule has 0 aliphatic rings. The molecule has 0 spiro atoms. The zero-order chi connectivity index (χ0) is 14.5. The van der Waals surface area contributed by atoms with Gasteiger partial charge in [0.2, 0.25) is 5.91 Å². The zero-order valence-corrected chi connectivity index (χ0v) is 13.8. The number of nitrogens with zero attached hydrogens (tertiary/aromatic N) is 2. The Morgan fingerprint density at radius 2 is 2.25 bits per heavy atom. The first-order valence-electron chi connectivity index (χ1n) is 5.90. The number of anilines is 1. The number of halogens is 1. The second-order valence-electron chi connectivity index (χ2n) is 4.07. The third kappa shape index (κ3) is 3.74. The molecule has 1 aromatic carbocycles. The summed E-state index contributed by atoms with van der Waals surface area (Å²) in [6, 6.07) is 7.62. The molecule has 2 aromatic rings. The molecule has 106 valence electrons. The Morgan fingerprint density at radius 3 is 2.90 bits per heavy atom. The molecule has 0 fully saturated rings. The van der Waals surface area contributed by atoms with Crippen LogP contribution in [0.5, 0.6) is 0 Å². The summed E-state index contributed by atoms with van der Waals surface area (Å²) in [5.41, 5.74) is 1.54. The van der Waals surface area contributed by atoms with Gasteiger partial charge in [0.1, 0.15) is 0 Å². The molecule has 0 bridgehead atoms. The van der Waals surface area contributed by atoms with Crippen molar-refractivity contribution in [2.75, 3.05) is 11.1 Å². The minimum Gasteiger partial charge on any atom is -0.390 e. The van der Waals surface area contributed by atoms with E-state index in [-0.39, 0.29) is 18.3 Å². The van der Waals surface area contributed by atoms with Gasteiger partial charge < -0.3 is 15.0 Å². The maximum atomic E-state index is 11.9. The van der Waals surface area contributed by atoms with Crippen molar-refractivity contribution in [3.05, 3.63) is 39.7 Å². The number of imidazole rings is 1. The van der Waals surface area contributed by atoms with Gasteiger partial charge in [-0.15, -0.1) is 0 Å². The summed E-state index contributed by atoms with van der Waals surface area (Å²) in [5.74, 6) is 0.202. The first-order valence-corrected chi connectivity index (χ1v) is 7.97. The van der Waals surface area contributed by atoms with Crippen LogP contribution in [0.4, 0.5) is 5.69 Å². The summed E-state index contributed by atoms with van der Waals surface area (Å²) in [6.45, 7) is -0.0571. The van der Waals surface area contributed by atoms with Crippen molar-refractivity contribution in [3.8, 4) is 0 Å². The first-order chi connectivity index (χ1) is 9.61. The van der Waals surface area contributed by atoms with E-state index in [2.05, 4.69) is 32.9 Å². The van der Waals surface area contributed by atoms with E-state index in [0.29, 0.717) is 5.16 Å². The van der Waals surface area contributed by atoms with E-state index in [4.69, 9.17) is 5.11 Å². The maximum absolute atomic E-state index is 11.9. The molecule has 1 heterocycles. The van der Waals surface area contributed by atoms with E-state index in [1.54, 1.807) is 10.8 Å². The van der Waals surface area contributed by atoms with Gasteiger partial charge in [-0.1, -0.05) is 23.9 Å². The number of para-hydroxylation sites is 1. The van der Waals surface area contributed by atoms with Crippen molar-refractivity contribution in [1.29, 1.82) is 0 Å². The van der Waals surface area contributed by atoms with Crippen molar-refractivity contribution in [3.63, 3.8) is 0 Å². The number of thioether (sulfide) groups is 1. The highest BCUT2D eigenvalue weighted by Gasteiger charge is 2.10. The molecule has 20 heavy (non-hydrogen) atoms. The lowest BCUT2D eigenvalue weighted by Crippen LogP contribution is -2.15. The number of nitrogens with one attached hydrogen (secondary N) is 1. The molecule has 1 amide bonds. The van der Waals surface area contributed by atoms with Gasteiger partial charge in [-0.05, 0) is 34.7 Å². The highest BCUT2D eigenvalue weighted by atomic mass is 127. The van der Waals surface area contributed by atoms with E-state index in [0.717, 1.165) is 15.0 Å². The number of benzene rings is 1.